The molecular formula is C23H28O3. The molecule has 2 aromatic rings. The van der Waals surface area contributed by atoms with E-state index in [0.29, 0.717) is 12.2 Å². The summed E-state index contributed by atoms with van der Waals surface area (Å²) in [6.45, 7) is 7.91. The van der Waals surface area contributed by atoms with E-state index in [1.54, 1.807) is 6.92 Å². The summed E-state index contributed by atoms with van der Waals surface area (Å²) >= 11 is 0. The van der Waals surface area contributed by atoms with Crippen LogP contribution in [-0.4, -0.2) is 24.3 Å². The molecule has 0 unspecified atom stereocenters. The second kappa shape index (κ2) is 9.93. The second-order valence-electron chi connectivity index (χ2n) is 6.70. The van der Waals surface area contributed by atoms with Crippen molar-refractivity contribution in [3.8, 4) is 11.1 Å². The summed E-state index contributed by atoms with van der Waals surface area (Å²) in [4.78, 5) is 11.5. The van der Waals surface area contributed by atoms with Gasteiger partial charge in [-0.25, -0.2) is 4.79 Å². The highest BCUT2D eigenvalue weighted by atomic mass is 16.5. The van der Waals surface area contributed by atoms with E-state index in [9.17, 15) is 4.79 Å². The van der Waals surface area contributed by atoms with Gasteiger partial charge in [0.25, 0.3) is 0 Å². The van der Waals surface area contributed by atoms with Crippen molar-refractivity contribution in [2.45, 2.75) is 39.5 Å². The molecule has 138 valence electrons. The predicted octanol–water partition coefficient (Wildman–Crippen LogP) is 4.64. The number of ether oxygens (including phenoxy) is 1. The Bertz CT molecular complexity index is 745. The summed E-state index contributed by atoms with van der Waals surface area (Å²) in [5, 5.41) is 9.14. The summed E-state index contributed by atoms with van der Waals surface area (Å²) in [5.41, 5.74) is 6.55. The highest BCUT2D eigenvalue weighted by molar-refractivity contribution is 5.86. The molecule has 3 heteroatoms. The summed E-state index contributed by atoms with van der Waals surface area (Å²) in [5.74, 6) is -0.334. The van der Waals surface area contributed by atoms with Gasteiger partial charge >= 0.3 is 5.97 Å². The van der Waals surface area contributed by atoms with Crippen LogP contribution in [0.1, 0.15) is 36.5 Å². The number of aryl methyl sites for hydroxylation is 3. The maximum absolute atomic E-state index is 11.5. The molecule has 1 N–H and O–H groups in total. The number of esters is 1. The molecule has 0 aliphatic carbocycles. The summed E-state index contributed by atoms with van der Waals surface area (Å²) in [7, 11) is 0. The van der Waals surface area contributed by atoms with Crippen LogP contribution in [0.3, 0.4) is 0 Å². The van der Waals surface area contributed by atoms with Gasteiger partial charge in [-0.05, 0) is 61.8 Å². The third kappa shape index (κ3) is 5.85. The summed E-state index contributed by atoms with van der Waals surface area (Å²) in [6, 6.07) is 15.0. The topological polar surface area (TPSA) is 46.5 Å². The van der Waals surface area contributed by atoms with Crippen LogP contribution < -0.4 is 0 Å². The molecule has 0 spiro atoms. The number of aliphatic hydroxyl groups is 1. The first-order chi connectivity index (χ1) is 12.5. The van der Waals surface area contributed by atoms with Crippen LogP contribution in [0, 0.1) is 6.92 Å². The molecule has 0 aromatic heterocycles. The van der Waals surface area contributed by atoms with Crippen molar-refractivity contribution in [3.05, 3.63) is 71.3 Å². The third-order valence-electron chi connectivity index (χ3n) is 4.37. The number of hydrogen-bond acceptors (Lipinski definition) is 3. The monoisotopic (exact) mass is 352 g/mol. The second-order valence-corrected chi connectivity index (χ2v) is 6.70. The van der Waals surface area contributed by atoms with Gasteiger partial charge in [0.2, 0.25) is 0 Å². The quantitative estimate of drug-likeness (QED) is 0.406. The van der Waals surface area contributed by atoms with Crippen LogP contribution in [0.4, 0.5) is 0 Å². The maximum Gasteiger partial charge on any atom is 0.333 e. The molecule has 26 heavy (non-hydrogen) atoms. The van der Waals surface area contributed by atoms with Crippen molar-refractivity contribution < 1.29 is 14.6 Å². The van der Waals surface area contributed by atoms with Crippen molar-refractivity contribution in [1.29, 1.82) is 0 Å². The molecule has 0 aliphatic rings. The van der Waals surface area contributed by atoms with Gasteiger partial charge in [-0.15, -0.1) is 0 Å². The van der Waals surface area contributed by atoms with Crippen LogP contribution in [0.25, 0.3) is 11.1 Å². The van der Waals surface area contributed by atoms with Crippen LogP contribution in [-0.2, 0) is 22.4 Å². The van der Waals surface area contributed by atoms with E-state index < -0.39 is 0 Å². The molecule has 0 aliphatic heterocycles. The van der Waals surface area contributed by atoms with E-state index in [-0.39, 0.29) is 12.6 Å². The molecule has 0 amide bonds. The average molecular weight is 352 g/mol. The Morgan fingerprint density at radius 3 is 2.31 bits per heavy atom. The van der Waals surface area contributed by atoms with Gasteiger partial charge in [-0.2, -0.15) is 0 Å². The Balaban J connectivity index is 2.11. The number of aliphatic hydroxyl groups excluding tert-OH is 1. The molecule has 0 radical (unpaired) electrons. The van der Waals surface area contributed by atoms with Crippen molar-refractivity contribution in [3.63, 3.8) is 0 Å². The average Bonchev–Trinajstić information content (AvgIpc) is 2.64. The largest absolute Gasteiger partial charge is 0.462 e. The lowest BCUT2D eigenvalue weighted by Crippen LogP contribution is -2.07. The molecule has 0 fully saturated rings. The van der Waals surface area contributed by atoms with Gasteiger partial charge in [-0.3, -0.25) is 0 Å². The van der Waals surface area contributed by atoms with Crippen LogP contribution in [0.2, 0.25) is 0 Å². The first kappa shape index (κ1) is 19.9. The first-order valence-corrected chi connectivity index (χ1v) is 9.13. The zero-order chi connectivity index (χ0) is 18.9. The molecule has 0 heterocycles. The van der Waals surface area contributed by atoms with Gasteiger partial charge in [-0.1, -0.05) is 54.6 Å². The number of hydrogen-bond donors (Lipinski definition) is 1. The van der Waals surface area contributed by atoms with Crippen LogP contribution >= 0.6 is 0 Å². The van der Waals surface area contributed by atoms with E-state index in [2.05, 4.69) is 56.0 Å². The minimum atomic E-state index is -0.334. The lowest BCUT2D eigenvalue weighted by molar-refractivity contribution is -0.139. The highest BCUT2D eigenvalue weighted by Crippen LogP contribution is 2.25. The molecule has 0 bridgehead atoms. The van der Waals surface area contributed by atoms with Gasteiger partial charge in [0.1, 0.15) is 0 Å². The number of carbonyl (C=O) groups excluding carboxylic acids is 1. The molecule has 3 nitrogen and oxygen atoms in total. The van der Waals surface area contributed by atoms with E-state index in [0.717, 1.165) is 25.7 Å². The smallest absolute Gasteiger partial charge is 0.333 e. The minimum absolute atomic E-state index is 0.190. The normalized spacial score (nSPS) is 10.6. The first-order valence-electron chi connectivity index (χ1n) is 9.13. The summed E-state index contributed by atoms with van der Waals surface area (Å²) in [6.07, 6.45) is 3.21. The summed E-state index contributed by atoms with van der Waals surface area (Å²) < 4.78 is 5.20. The molecular weight excluding hydrogens is 324 g/mol. The number of carbonyl (C=O) groups is 1. The van der Waals surface area contributed by atoms with Gasteiger partial charge in [0.15, 0.2) is 0 Å². The zero-order valence-electron chi connectivity index (χ0n) is 15.8. The van der Waals surface area contributed by atoms with E-state index in [1.165, 1.54) is 27.8 Å². The van der Waals surface area contributed by atoms with Crippen LogP contribution in [0.15, 0.2) is 54.6 Å². The Hall–Kier alpha value is -2.39. The van der Waals surface area contributed by atoms with Gasteiger partial charge in [0, 0.05) is 12.2 Å². The van der Waals surface area contributed by atoms with E-state index >= 15 is 0 Å². The SMILES string of the molecule is C=C(C)C(=O)OCCCc1cc(-c2ccc(C)cc2)ccc1CCCO. The maximum atomic E-state index is 11.5. The zero-order valence-corrected chi connectivity index (χ0v) is 15.8. The number of rotatable bonds is 9. The molecule has 2 rings (SSSR count). The van der Waals surface area contributed by atoms with Crippen molar-refractivity contribution in [2.24, 2.45) is 0 Å². The Morgan fingerprint density at radius 1 is 1.00 bits per heavy atom. The third-order valence-corrected chi connectivity index (χ3v) is 4.37. The lowest BCUT2D eigenvalue weighted by atomic mass is 9.94. The fourth-order valence-electron chi connectivity index (χ4n) is 2.85. The number of benzene rings is 2. The van der Waals surface area contributed by atoms with Crippen LogP contribution in [0.5, 0.6) is 0 Å². The Labute approximate surface area is 156 Å². The van der Waals surface area contributed by atoms with Crippen molar-refractivity contribution in [1.82, 2.24) is 0 Å². The van der Waals surface area contributed by atoms with Gasteiger partial charge < -0.3 is 9.84 Å². The molecule has 2 aromatic carbocycles. The molecule has 0 atom stereocenters. The minimum Gasteiger partial charge on any atom is -0.462 e. The Morgan fingerprint density at radius 2 is 1.65 bits per heavy atom. The van der Waals surface area contributed by atoms with E-state index in [4.69, 9.17) is 9.84 Å². The van der Waals surface area contributed by atoms with Crippen molar-refractivity contribution in [2.75, 3.05) is 13.2 Å². The standard InChI is InChI=1S/C23H28O3/c1-17(2)23(25)26-15-5-7-21-16-22(13-12-19(21)6-4-14-24)20-10-8-18(3)9-11-20/h8-13,16,24H,1,4-7,14-15H2,2-3H3. The fourth-order valence-corrected chi connectivity index (χ4v) is 2.85. The van der Waals surface area contributed by atoms with E-state index in [1.807, 2.05) is 0 Å². The Kier molecular flexibility index (Phi) is 7.61. The van der Waals surface area contributed by atoms with Crippen molar-refractivity contribution >= 4 is 5.97 Å². The fraction of sp³-hybridized carbons (Fsp3) is 0.348. The molecule has 0 saturated heterocycles. The van der Waals surface area contributed by atoms with Gasteiger partial charge in [0.05, 0.1) is 6.61 Å². The predicted molar refractivity (Wildman–Crippen MR) is 106 cm³/mol. The lowest BCUT2D eigenvalue weighted by Gasteiger charge is -2.13. The molecule has 0 saturated carbocycles. The highest BCUT2D eigenvalue weighted by Gasteiger charge is 2.08.